The first kappa shape index (κ1) is 19.3. The number of benzene rings is 2. The van der Waals surface area contributed by atoms with E-state index < -0.39 is 11.7 Å². The van der Waals surface area contributed by atoms with E-state index in [0.717, 1.165) is 53.4 Å². The number of nitrogens with one attached hydrogen (secondary N) is 1. The number of halogens is 5. The second-order valence-electron chi connectivity index (χ2n) is 6.64. The van der Waals surface area contributed by atoms with Crippen LogP contribution in [0.5, 0.6) is 0 Å². The van der Waals surface area contributed by atoms with Gasteiger partial charge < -0.3 is 5.32 Å². The molecule has 4 rings (SSSR count). The molecule has 8 heteroatoms. The predicted octanol–water partition coefficient (Wildman–Crippen LogP) is 6.72. The number of fused-ring (bicyclic) bond motifs is 1. The Labute approximate surface area is 173 Å². The fourth-order valence-corrected chi connectivity index (χ4v) is 4.03. The van der Waals surface area contributed by atoms with Gasteiger partial charge in [-0.1, -0.05) is 39.7 Å². The highest BCUT2D eigenvalue weighted by Gasteiger charge is 2.34. The van der Waals surface area contributed by atoms with Crippen molar-refractivity contribution in [1.29, 1.82) is 0 Å². The van der Waals surface area contributed by atoms with Gasteiger partial charge in [0.2, 0.25) is 0 Å². The Morgan fingerprint density at radius 3 is 2.68 bits per heavy atom. The lowest BCUT2D eigenvalue weighted by Gasteiger charge is -2.10. The van der Waals surface area contributed by atoms with E-state index in [4.69, 9.17) is 16.7 Å². The lowest BCUT2D eigenvalue weighted by Crippen LogP contribution is -2.07. The minimum atomic E-state index is -4.52. The second kappa shape index (κ2) is 7.44. The summed E-state index contributed by atoms with van der Waals surface area (Å²) in [6.45, 7) is 0.792. The molecule has 3 aromatic rings. The molecule has 3 nitrogen and oxygen atoms in total. The number of anilines is 1. The minimum Gasteiger partial charge on any atom is -0.370 e. The third-order valence-electron chi connectivity index (χ3n) is 4.73. The average Bonchev–Trinajstić information content (AvgIpc) is 2.82. The predicted molar refractivity (Wildman–Crippen MR) is 108 cm³/mol. The lowest BCUT2D eigenvalue weighted by atomic mass is 10.0. The van der Waals surface area contributed by atoms with E-state index in [1.54, 1.807) is 10.7 Å². The van der Waals surface area contributed by atoms with E-state index in [-0.39, 0.29) is 5.02 Å². The van der Waals surface area contributed by atoms with E-state index >= 15 is 0 Å². The monoisotopic (exact) mass is 469 g/mol. The molecule has 0 unspecified atom stereocenters. The van der Waals surface area contributed by atoms with Crippen LogP contribution in [0.4, 0.5) is 19.0 Å². The molecule has 2 aromatic carbocycles. The zero-order chi connectivity index (χ0) is 19.9. The van der Waals surface area contributed by atoms with E-state index in [1.807, 2.05) is 24.3 Å². The van der Waals surface area contributed by atoms with E-state index in [2.05, 4.69) is 21.2 Å². The summed E-state index contributed by atoms with van der Waals surface area (Å²) < 4.78 is 42.7. The highest BCUT2D eigenvalue weighted by molar-refractivity contribution is 9.10. The molecular weight excluding hydrogens is 455 g/mol. The fourth-order valence-electron chi connectivity index (χ4n) is 3.42. The number of rotatable bonds is 2. The maximum Gasteiger partial charge on any atom is 0.417 e. The van der Waals surface area contributed by atoms with Crippen LogP contribution in [0.15, 0.2) is 46.9 Å². The summed E-state index contributed by atoms with van der Waals surface area (Å²) in [4.78, 5) is 0. The number of alkyl halides is 3. The molecule has 0 aliphatic carbocycles. The second-order valence-corrected chi connectivity index (χ2v) is 7.97. The molecule has 28 heavy (non-hydrogen) atoms. The highest BCUT2D eigenvalue weighted by atomic mass is 79.9. The van der Waals surface area contributed by atoms with Gasteiger partial charge in [0.25, 0.3) is 0 Å². The van der Waals surface area contributed by atoms with Gasteiger partial charge in [-0.05, 0) is 49.6 Å². The number of nitrogens with zero attached hydrogens (tertiary/aromatic N) is 2. The molecular formula is C20H16BrClF3N3. The molecule has 0 fully saturated rings. The molecule has 1 aliphatic heterocycles. The molecule has 1 N–H and O–H groups in total. The summed E-state index contributed by atoms with van der Waals surface area (Å²) in [7, 11) is 0. The van der Waals surface area contributed by atoms with Crippen molar-refractivity contribution in [3.05, 3.63) is 63.1 Å². The van der Waals surface area contributed by atoms with Crippen LogP contribution in [0.2, 0.25) is 5.02 Å². The Balaban J connectivity index is 1.91. The van der Waals surface area contributed by atoms with Crippen molar-refractivity contribution in [2.24, 2.45) is 0 Å². The summed E-state index contributed by atoms with van der Waals surface area (Å²) in [6, 6.07) is 11.6. The van der Waals surface area contributed by atoms with Crippen molar-refractivity contribution in [3.8, 4) is 16.9 Å². The standard InChI is InChI=1S/C20H16BrClF3N3/c21-13-4-3-5-14(11-13)28-19-15(6-1-2-9-26-19)18(27-28)12-7-8-17(22)16(10-12)20(23,24)25/h3-5,7-8,10-11,26H,1-2,6,9H2. The van der Waals surface area contributed by atoms with Gasteiger partial charge >= 0.3 is 6.18 Å². The summed E-state index contributed by atoms with van der Waals surface area (Å²) in [6.07, 6.45) is -1.84. The largest absolute Gasteiger partial charge is 0.417 e. The van der Waals surface area contributed by atoms with Crippen LogP contribution in [0.25, 0.3) is 16.9 Å². The SMILES string of the molecule is FC(F)(F)c1cc(-c2nn(-c3cccc(Br)c3)c3c2CCCCN3)ccc1Cl. The zero-order valence-corrected chi connectivity index (χ0v) is 17.0. The van der Waals surface area contributed by atoms with Crippen LogP contribution < -0.4 is 5.32 Å². The molecule has 0 radical (unpaired) electrons. The molecule has 1 aliphatic rings. The molecule has 0 atom stereocenters. The first-order valence-electron chi connectivity index (χ1n) is 8.83. The van der Waals surface area contributed by atoms with Crippen molar-refractivity contribution >= 4 is 33.3 Å². The Kier molecular flexibility index (Phi) is 5.14. The van der Waals surface area contributed by atoms with Crippen LogP contribution in [-0.4, -0.2) is 16.3 Å². The third-order valence-corrected chi connectivity index (χ3v) is 5.55. The van der Waals surface area contributed by atoms with Gasteiger partial charge in [0, 0.05) is 22.1 Å². The van der Waals surface area contributed by atoms with Crippen molar-refractivity contribution in [2.45, 2.75) is 25.4 Å². The Morgan fingerprint density at radius 2 is 1.93 bits per heavy atom. The molecule has 0 spiro atoms. The van der Waals surface area contributed by atoms with E-state index in [9.17, 15) is 13.2 Å². The minimum absolute atomic E-state index is 0.313. The van der Waals surface area contributed by atoms with Crippen LogP contribution in [-0.2, 0) is 12.6 Å². The van der Waals surface area contributed by atoms with Gasteiger partial charge in [-0.15, -0.1) is 0 Å². The van der Waals surface area contributed by atoms with Gasteiger partial charge in [0.05, 0.1) is 22.0 Å². The molecule has 146 valence electrons. The Hall–Kier alpha value is -1.99. The summed E-state index contributed by atoms with van der Waals surface area (Å²) in [5.74, 6) is 0.828. The van der Waals surface area contributed by atoms with E-state index in [1.165, 1.54) is 6.07 Å². The maximum atomic E-state index is 13.3. The molecule has 0 saturated heterocycles. The first-order chi connectivity index (χ1) is 13.3. The summed E-state index contributed by atoms with van der Waals surface area (Å²) in [5.41, 5.74) is 1.86. The molecule has 1 aromatic heterocycles. The van der Waals surface area contributed by atoms with Crippen molar-refractivity contribution in [3.63, 3.8) is 0 Å². The topological polar surface area (TPSA) is 29.9 Å². The molecule has 2 heterocycles. The normalized spacial score (nSPS) is 14.3. The molecule has 0 bridgehead atoms. The quantitative estimate of drug-likeness (QED) is 0.450. The van der Waals surface area contributed by atoms with E-state index in [0.29, 0.717) is 11.3 Å². The van der Waals surface area contributed by atoms with Crippen molar-refractivity contribution < 1.29 is 13.2 Å². The average molecular weight is 471 g/mol. The van der Waals surface area contributed by atoms with Crippen molar-refractivity contribution in [1.82, 2.24) is 9.78 Å². The highest BCUT2D eigenvalue weighted by Crippen LogP contribution is 2.40. The van der Waals surface area contributed by atoms with Gasteiger partial charge in [-0.3, -0.25) is 0 Å². The fraction of sp³-hybridized carbons (Fsp3) is 0.250. The number of aromatic nitrogens is 2. The van der Waals surface area contributed by atoms with Crippen LogP contribution in [0.1, 0.15) is 24.0 Å². The summed E-state index contributed by atoms with van der Waals surface area (Å²) >= 11 is 9.25. The maximum absolute atomic E-state index is 13.3. The van der Waals surface area contributed by atoms with Crippen LogP contribution in [0, 0.1) is 0 Å². The Bertz CT molecular complexity index is 1030. The van der Waals surface area contributed by atoms with Gasteiger partial charge in [-0.25, -0.2) is 4.68 Å². The molecule has 0 amide bonds. The van der Waals surface area contributed by atoms with Gasteiger partial charge in [0.1, 0.15) is 5.82 Å². The van der Waals surface area contributed by atoms with Crippen LogP contribution >= 0.6 is 27.5 Å². The Morgan fingerprint density at radius 1 is 1.11 bits per heavy atom. The third kappa shape index (κ3) is 3.65. The van der Waals surface area contributed by atoms with Crippen molar-refractivity contribution in [2.75, 3.05) is 11.9 Å². The first-order valence-corrected chi connectivity index (χ1v) is 10.0. The van der Waals surface area contributed by atoms with Crippen LogP contribution in [0.3, 0.4) is 0 Å². The zero-order valence-electron chi connectivity index (χ0n) is 14.7. The van der Waals surface area contributed by atoms with Gasteiger partial charge in [-0.2, -0.15) is 18.3 Å². The number of hydrogen-bond donors (Lipinski definition) is 1. The molecule has 0 saturated carbocycles. The van der Waals surface area contributed by atoms with Gasteiger partial charge in [0.15, 0.2) is 0 Å². The summed E-state index contributed by atoms with van der Waals surface area (Å²) in [5, 5.41) is 7.77. The smallest absolute Gasteiger partial charge is 0.370 e. The lowest BCUT2D eigenvalue weighted by molar-refractivity contribution is -0.137. The number of hydrogen-bond acceptors (Lipinski definition) is 2.